The molecule has 3 N–H and O–H groups in total. The SMILES string of the molecule is Br.Br.c1ccc(-c2cnc(Nc3cc(CC4CNCCNC4)ccn3)s2)cc1. The fourth-order valence-electron chi connectivity index (χ4n) is 3.19. The van der Waals surface area contributed by atoms with Gasteiger partial charge in [0.1, 0.15) is 5.82 Å². The maximum Gasteiger partial charge on any atom is 0.188 e. The van der Waals surface area contributed by atoms with Crippen LogP contribution < -0.4 is 16.0 Å². The lowest BCUT2D eigenvalue weighted by molar-refractivity contribution is 0.497. The van der Waals surface area contributed by atoms with Gasteiger partial charge >= 0.3 is 0 Å². The average Bonchev–Trinajstić information content (AvgIpc) is 2.98. The van der Waals surface area contributed by atoms with Crippen molar-refractivity contribution in [3.63, 3.8) is 0 Å². The summed E-state index contributed by atoms with van der Waals surface area (Å²) in [6.45, 7) is 4.22. The molecular formula is C20H25Br2N5S. The molecule has 0 radical (unpaired) electrons. The molecule has 1 fully saturated rings. The normalized spacial score (nSPS) is 14.4. The molecule has 5 nitrogen and oxygen atoms in total. The summed E-state index contributed by atoms with van der Waals surface area (Å²) in [4.78, 5) is 10.1. The Bertz CT molecular complexity index is 835. The third-order valence-electron chi connectivity index (χ3n) is 4.49. The maximum absolute atomic E-state index is 4.49. The summed E-state index contributed by atoms with van der Waals surface area (Å²) >= 11 is 1.64. The molecule has 0 aliphatic carbocycles. The van der Waals surface area contributed by atoms with Crippen molar-refractivity contribution in [1.29, 1.82) is 0 Å². The second kappa shape index (κ2) is 11.6. The maximum atomic E-state index is 4.49. The van der Waals surface area contributed by atoms with Gasteiger partial charge in [0.15, 0.2) is 5.13 Å². The Labute approximate surface area is 190 Å². The third kappa shape index (κ3) is 6.35. The molecule has 28 heavy (non-hydrogen) atoms. The van der Waals surface area contributed by atoms with E-state index in [0.29, 0.717) is 5.92 Å². The van der Waals surface area contributed by atoms with E-state index in [1.54, 1.807) is 11.3 Å². The first-order valence-electron chi connectivity index (χ1n) is 9.01. The predicted molar refractivity (Wildman–Crippen MR) is 129 cm³/mol. The Balaban J connectivity index is 0.00000140. The molecule has 0 atom stereocenters. The molecular weight excluding hydrogens is 502 g/mol. The van der Waals surface area contributed by atoms with E-state index < -0.39 is 0 Å². The number of anilines is 2. The van der Waals surface area contributed by atoms with E-state index in [9.17, 15) is 0 Å². The minimum Gasteiger partial charge on any atom is -0.316 e. The molecule has 0 saturated carbocycles. The quantitative estimate of drug-likeness (QED) is 0.458. The van der Waals surface area contributed by atoms with Crippen LogP contribution in [0.5, 0.6) is 0 Å². The Morgan fingerprint density at radius 2 is 1.75 bits per heavy atom. The van der Waals surface area contributed by atoms with Gasteiger partial charge in [-0.2, -0.15) is 0 Å². The van der Waals surface area contributed by atoms with Crippen LogP contribution in [0.3, 0.4) is 0 Å². The summed E-state index contributed by atoms with van der Waals surface area (Å²) in [5.74, 6) is 1.46. The van der Waals surface area contributed by atoms with Crippen LogP contribution in [0.25, 0.3) is 10.4 Å². The van der Waals surface area contributed by atoms with Crippen molar-refractivity contribution in [3.05, 3.63) is 60.4 Å². The summed E-state index contributed by atoms with van der Waals surface area (Å²) < 4.78 is 0. The standard InChI is InChI=1S/C20H23N5S.2BrH/c1-2-4-17(5-3-1)18-14-24-20(26-18)25-19-11-15(6-7-23-19)10-16-12-21-8-9-22-13-16;;/h1-7,11,14,16,21-22H,8-10,12-13H2,(H,23,24,25);2*1H. The highest BCUT2D eigenvalue weighted by atomic mass is 79.9. The van der Waals surface area contributed by atoms with Crippen LogP contribution in [0.15, 0.2) is 54.9 Å². The van der Waals surface area contributed by atoms with Gasteiger partial charge in [-0.25, -0.2) is 9.97 Å². The van der Waals surface area contributed by atoms with E-state index in [1.165, 1.54) is 11.1 Å². The Morgan fingerprint density at radius 3 is 2.50 bits per heavy atom. The van der Waals surface area contributed by atoms with Crippen molar-refractivity contribution >= 4 is 56.2 Å². The third-order valence-corrected chi connectivity index (χ3v) is 5.45. The van der Waals surface area contributed by atoms with Crippen LogP contribution >= 0.6 is 45.3 Å². The minimum absolute atomic E-state index is 0. The number of nitrogens with one attached hydrogen (secondary N) is 3. The highest BCUT2D eigenvalue weighted by molar-refractivity contribution is 8.93. The van der Waals surface area contributed by atoms with Crippen LogP contribution in [0.2, 0.25) is 0 Å². The van der Waals surface area contributed by atoms with Gasteiger partial charge in [0.25, 0.3) is 0 Å². The van der Waals surface area contributed by atoms with Gasteiger partial charge in [-0.05, 0) is 48.7 Å². The molecule has 3 heterocycles. The van der Waals surface area contributed by atoms with Gasteiger partial charge in [0.05, 0.1) is 4.88 Å². The lowest BCUT2D eigenvalue weighted by Crippen LogP contribution is -2.25. The Morgan fingerprint density at radius 1 is 1.00 bits per heavy atom. The van der Waals surface area contributed by atoms with E-state index >= 15 is 0 Å². The number of halogens is 2. The summed E-state index contributed by atoms with van der Waals surface area (Å²) in [6, 6.07) is 14.6. The van der Waals surface area contributed by atoms with Crippen LogP contribution in [0.1, 0.15) is 5.56 Å². The molecule has 150 valence electrons. The first kappa shape index (κ1) is 23.0. The summed E-state index contributed by atoms with van der Waals surface area (Å²) in [6.07, 6.45) is 4.83. The fourth-order valence-corrected chi connectivity index (χ4v) is 4.01. The van der Waals surface area contributed by atoms with Gasteiger partial charge in [0, 0.05) is 25.5 Å². The molecule has 4 rings (SSSR count). The fraction of sp³-hybridized carbons (Fsp3) is 0.300. The van der Waals surface area contributed by atoms with Crippen LogP contribution in [-0.4, -0.2) is 36.1 Å². The number of hydrogen-bond donors (Lipinski definition) is 3. The first-order valence-corrected chi connectivity index (χ1v) is 9.83. The molecule has 0 bridgehead atoms. The average molecular weight is 527 g/mol. The van der Waals surface area contributed by atoms with Gasteiger partial charge in [0.2, 0.25) is 0 Å². The number of thiazole rings is 1. The summed E-state index contributed by atoms with van der Waals surface area (Å²) in [5, 5.41) is 11.2. The van der Waals surface area contributed by atoms with Crippen molar-refractivity contribution in [3.8, 4) is 10.4 Å². The lowest BCUT2D eigenvalue weighted by Gasteiger charge is -2.14. The molecule has 1 aliphatic rings. The molecule has 0 amide bonds. The molecule has 0 spiro atoms. The molecule has 1 aliphatic heterocycles. The molecule has 8 heteroatoms. The van der Waals surface area contributed by atoms with Crippen molar-refractivity contribution in [1.82, 2.24) is 20.6 Å². The second-order valence-electron chi connectivity index (χ2n) is 6.55. The largest absolute Gasteiger partial charge is 0.316 e. The van der Waals surface area contributed by atoms with Crippen molar-refractivity contribution in [2.24, 2.45) is 5.92 Å². The van der Waals surface area contributed by atoms with E-state index in [2.05, 4.69) is 50.2 Å². The minimum atomic E-state index is 0. The molecule has 1 aromatic carbocycles. The van der Waals surface area contributed by atoms with E-state index in [4.69, 9.17) is 0 Å². The number of rotatable bonds is 5. The zero-order valence-electron chi connectivity index (χ0n) is 15.4. The Hall–Kier alpha value is -1.32. The van der Waals surface area contributed by atoms with Crippen molar-refractivity contribution in [2.45, 2.75) is 6.42 Å². The number of pyridine rings is 1. The van der Waals surface area contributed by atoms with Gasteiger partial charge in [-0.3, -0.25) is 0 Å². The monoisotopic (exact) mass is 525 g/mol. The number of nitrogens with zero attached hydrogens (tertiary/aromatic N) is 2. The highest BCUT2D eigenvalue weighted by Crippen LogP contribution is 2.30. The van der Waals surface area contributed by atoms with E-state index in [0.717, 1.165) is 48.4 Å². The van der Waals surface area contributed by atoms with Gasteiger partial charge < -0.3 is 16.0 Å². The highest BCUT2D eigenvalue weighted by Gasteiger charge is 2.13. The molecule has 2 aromatic heterocycles. The number of hydrogen-bond acceptors (Lipinski definition) is 6. The van der Waals surface area contributed by atoms with Crippen LogP contribution in [0, 0.1) is 5.92 Å². The molecule has 0 unspecified atom stereocenters. The number of benzene rings is 1. The van der Waals surface area contributed by atoms with E-state index in [1.807, 2.05) is 30.6 Å². The predicted octanol–water partition coefficient (Wildman–Crippen LogP) is 4.46. The zero-order valence-corrected chi connectivity index (χ0v) is 19.7. The van der Waals surface area contributed by atoms with Gasteiger partial charge in [-0.1, -0.05) is 41.7 Å². The zero-order chi connectivity index (χ0) is 17.6. The Kier molecular flexibility index (Phi) is 9.53. The summed E-state index contributed by atoms with van der Waals surface area (Å²) in [7, 11) is 0. The second-order valence-corrected chi connectivity index (χ2v) is 7.58. The smallest absolute Gasteiger partial charge is 0.188 e. The molecule has 1 saturated heterocycles. The van der Waals surface area contributed by atoms with E-state index in [-0.39, 0.29) is 34.0 Å². The number of aromatic nitrogens is 2. The van der Waals surface area contributed by atoms with Crippen molar-refractivity contribution in [2.75, 3.05) is 31.5 Å². The summed E-state index contributed by atoms with van der Waals surface area (Å²) in [5.41, 5.74) is 2.49. The lowest BCUT2D eigenvalue weighted by atomic mass is 10.00. The van der Waals surface area contributed by atoms with Crippen LogP contribution in [-0.2, 0) is 6.42 Å². The van der Waals surface area contributed by atoms with Crippen molar-refractivity contribution < 1.29 is 0 Å². The topological polar surface area (TPSA) is 61.9 Å². The van der Waals surface area contributed by atoms with Crippen LogP contribution in [0.4, 0.5) is 10.9 Å². The van der Waals surface area contributed by atoms with Gasteiger partial charge in [-0.15, -0.1) is 34.0 Å². The first-order chi connectivity index (χ1) is 12.9. The molecule has 3 aromatic rings.